The van der Waals surface area contributed by atoms with E-state index in [1.54, 1.807) is 17.0 Å². The van der Waals surface area contributed by atoms with Crippen LogP contribution in [0.5, 0.6) is 5.75 Å². The minimum Gasteiger partial charge on any atom is -0.508 e. The summed E-state index contributed by atoms with van der Waals surface area (Å²) in [6, 6.07) is 9.94. The Bertz CT molecular complexity index is 1290. The molecule has 36 heavy (non-hydrogen) atoms. The summed E-state index contributed by atoms with van der Waals surface area (Å²) in [5.41, 5.74) is 1.14. The molecule has 0 aliphatic carbocycles. The van der Waals surface area contributed by atoms with Gasteiger partial charge in [0.2, 0.25) is 0 Å². The summed E-state index contributed by atoms with van der Waals surface area (Å²) in [6.45, 7) is 2.49. The Morgan fingerprint density at radius 2 is 1.92 bits per heavy atom. The van der Waals surface area contributed by atoms with Crippen LogP contribution < -0.4 is 5.32 Å². The lowest BCUT2D eigenvalue weighted by Crippen LogP contribution is -2.49. The molecular formula is C26H26FN3O5S. The summed E-state index contributed by atoms with van der Waals surface area (Å²) in [5.74, 6) is -2.55. The van der Waals surface area contributed by atoms with Gasteiger partial charge in [-0.2, -0.15) is 0 Å². The van der Waals surface area contributed by atoms with Crippen LogP contribution >= 0.6 is 11.3 Å². The van der Waals surface area contributed by atoms with E-state index in [-0.39, 0.29) is 41.2 Å². The number of halogens is 1. The number of aliphatic carboxylic acids is 1. The van der Waals surface area contributed by atoms with E-state index >= 15 is 0 Å². The van der Waals surface area contributed by atoms with E-state index in [0.29, 0.717) is 29.1 Å². The molecule has 0 saturated carbocycles. The number of piperidine rings is 1. The Kier molecular flexibility index (Phi) is 7.64. The fourth-order valence-corrected chi connectivity index (χ4v) is 5.33. The van der Waals surface area contributed by atoms with Crippen LogP contribution in [-0.4, -0.2) is 57.0 Å². The highest BCUT2D eigenvalue weighted by Gasteiger charge is 2.31. The number of rotatable bonds is 7. The van der Waals surface area contributed by atoms with Gasteiger partial charge in [0.1, 0.15) is 17.3 Å². The summed E-state index contributed by atoms with van der Waals surface area (Å²) in [5, 5.41) is 22.7. The summed E-state index contributed by atoms with van der Waals surface area (Å²) in [6.07, 6.45) is 1.91. The van der Waals surface area contributed by atoms with E-state index < -0.39 is 18.3 Å². The first-order chi connectivity index (χ1) is 17.2. The highest BCUT2D eigenvalue weighted by Crippen LogP contribution is 2.32. The molecular weight excluding hydrogens is 485 g/mol. The third kappa shape index (κ3) is 5.54. The molecule has 2 amide bonds. The minimum absolute atomic E-state index is 0.0426. The Balaban J connectivity index is 1.53. The van der Waals surface area contributed by atoms with Gasteiger partial charge in [0.25, 0.3) is 11.8 Å². The van der Waals surface area contributed by atoms with Gasteiger partial charge in [-0.15, -0.1) is 11.3 Å². The number of hydrogen-bond acceptors (Lipinski definition) is 6. The van der Waals surface area contributed by atoms with E-state index in [1.165, 1.54) is 41.7 Å². The average molecular weight is 512 g/mol. The van der Waals surface area contributed by atoms with Gasteiger partial charge >= 0.3 is 5.97 Å². The number of aryl methyl sites for hydroxylation is 1. The molecule has 1 saturated heterocycles. The van der Waals surface area contributed by atoms with Crippen molar-refractivity contribution in [2.24, 2.45) is 0 Å². The van der Waals surface area contributed by atoms with Crippen molar-refractivity contribution in [2.45, 2.75) is 38.6 Å². The van der Waals surface area contributed by atoms with E-state index in [2.05, 4.69) is 10.3 Å². The van der Waals surface area contributed by atoms with Gasteiger partial charge in [0.05, 0.1) is 16.3 Å². The van der Waals surface area contributed by atoms with Gasteiger partial charge in [-0.25, -0.2) is 9.37 Å². The number of nitrogens with zero attached hydrogens (tertiary/aromatic N) is 2. The van der Waals surface area contributed by atoms with Crippen molar-refractivity contribution in [1.82, 2.24) is 15.2 Å². The van der Waals surface area contributed by atoms with Gasteiger partial charge in [0, 0.05) is 30.3 Å². The third-order valence-corrected chi connectivity index (χ3v) is 7.17. The maximum Gasteiger partial charge on any atom is 0.307 e. The second kappa shape index (κ2) is 10.9. The zero-order valence-corrected chi connectivity index (χ0v) is 20.5. The number of nitrogens with one attached hydrogen (secondary N) is 1. The zero-order valence-electron chi connectivity index (χ0n) is 19.7. The lowest BCUT2D eigenvalue weighted by Gasteiger charge is -2.35. The Morgan fingerprint density at radius 1 is 1.17 bits per heavy atom. The zero-order chi connectivity index (χ0) is 25.8. The molecule has 0 radical (unpaired) electrons. The Labute approximate surface area is 211 Å². The van der Waals surface area contributed by atoms with Crippen LogP contribution in [0, 0.1) is 12.7 Å². The summed E-state index contributed by atoms with van der Waals surface area (Å²) < 4.78 is 13.4. The lowest BCUT2D eigenvalue weighted by molar-refractivity contribution is -0.136. The normalized spacial score (nSPS) is 15.5. The smallest absolute Gasteiger partial charge is 0.307 e. The van der Waals surface area contributed by atoms with Crippen molar-refractivity contribution in [1.29, 1.82) is 0 Å². The molecule has 4 rings (SSSR count). The summed E-state index contributed by atoms with van der Waals surface area (Å²) in [4.78, 5) is 44.6. The van der Waals surface area contributed by atoms with Crippen LogP contribution in [0.2, 0.25) is 0 Å². The Hall–Kier alpha value is -3.79. The number of amides is 2. The number of likely N-dealkylation sites (tertiary alicyclic amines) is 1. The first-order valence-electron chi connectivity index (χ1n) is 11.6. The average Bonchev–Trinajstić information content (AvgIpc) is 3.25. The molecule has 0 unspecified atom stereocenters. The maximum atomic E-state index is 13.6. The van der Waals surface area contributed by atoms with Crippen molar-refractivity contribution < 1.29 is 29.0 Å². The van der Waals surface area contributed by atoms with Crippen molar-refractivity contribution >= 4 is 29.1 Å². The van der Waals surface area contributed by atoms with Crippen LogP contribution in [-0.2, 0) is 11.2 Å². The standard InChI is InChI=1S/C26H26FN3O5S/c1-15-29-23(24(36-15)16-8-10-17(27)11-9-16)26(35)30-12-3-2-5-18(30)14-28-25(34)19-6-4-7-21(31)20(19)13-22(32)33/h4,6-11,18,31H,2-3,5,12-14H2,1H3,(H,28,34)(H,32,33)/t18-/m0/s1. The molecule has 0 spiro atoms. The maximum absolute atomic E-state index is 13.6. The van der Waals surface area contributed by atoms with Gasteiger partial charge in [-0.05, 0) is 56.0 Å². The van der Waals surface area contributed by atoms with Crippen molar-refractivity contribution in [3.05, 3.63) is 70.1 Å². The number of aromatic hydroxyl groups is 1. The molecule has 10 heteroatoms. The highest BCUT2D eigenvalue weighted by atomic mass is 32.1. The second-order valence-electron chi connectivity index (χ2n) is 8.65. The monoisotopic (exact) mass is 511 g/mol. The molecule has 1 atom stereocenters. The quantitative estimate of drug-likeness (QED) is 0.441. The largest absolute Gasteiger partial charge is 0.508 e. The predicted octanol–water partition coefficient (Wildman–Crippen LogP) is 4.02. The fourth-order valence-electron chi connectivity index (χ4n) is 4.42. The number of thiazole rings is 1. The number of hydrogen-bond donors (Lipinski definition) is 3. The number of phenols is 1. The number of carbonyl (C=O) groups is 3. The van der Waals surface area contributed by atoms with Crippen molar-refractivity contribution in [2.75, 3.05) is 13.1 Å². The van der Waals surface area contributed by atoms with Gasteiger partial charge in [-0.1, -0.05) is 18.2 Å². The molecule has 8 nitrogen and oxygen atoms in total. The van der Waals surface area contributed by atoms with Gasteiger partial charge in [0.15, 0.2) is 0 Å². The summed E-state index contributed by atoms with van der Waals surface area (Å²) >= 11 is 1.37. The first-order valence-corrected chi connectivity index (χ1v) is 12.4. The van der Waals surface area contributed by atoms with Crippen LogP contribution in [0.1, 0.15) is 50.7 Å². The molecule has 1 fully saturated rings. The van der Waals surface area contributed by atoms with Crippen LogP contribution in [0.15, 0.2) is 42.5 Å². The predicted molar refractivity (Wildman–Crippen MR) is 133 cm³/mol. The molecule has 1 aliphatic heterocycles. The first kappa shape index (κ1) is 25.3. The van der Waals surface area contributed by atoms with Crippen LogP contribution in [0.3, 0.4) is 0 Å². The number of phenolic OH excluding ortho intramolecular Hbond substituents is 1. The number of carboxylic acids is 1. The van der Waals surface area contributed by atoms with Crippen molar-refractivity contribution in [3.63, 3.8) is 0 Å². The van der Waals surface area contributed by atoms with Crippen LogP contribution in [0.25, 0.3) is 10.4 Å². The molecule has 3 aromatic rings. The Morgan fingerprint density at radius 3 is 2.64 bits per heavy atom. The van der Waals surface area contributed by atoms with Crippen LogP contribution in [0.4, 0.5) is 4.39 Å². The minimum atomic E-state index is -1.16. The SMILES string of the molecule is Cc1nc(C(=O)N2CCCC[C@H]2CNC(=O)c2cccc(O)c2CC(=O)O)c(-c2ccc(F)cc2)s1. The van der Waals surface area contributed by atoms with Gasteiger partial charge in [-0.3, -0.25) is 14.4 Å². The lowest BCUT2D eigenvalue weighted by atomic mass is 10.00. The number of carboxylic acid groups (broad SMARTS) is 1. The topological polar surface area (TPSA) is 120 Å². The summed E-state index contributed by atoms with van der Waals surface area (Å²) in [7, 11) is 0. The van der Waals surface area contributed by atoms with E-state index in [0.717, 1.165) is 17.8 Å². The molecule has 188 valence electrons. The third-order valence-electron chi connectivity index (χ3n) is 6.15. The molecule has 3 N–H and O–H groups in total. The number of benzene rings is 2. The molecule has 1 aromatic heterocycles. The molecule has 1 aliphatic rings. The van der Waals surface area contributed by atoms with E-state index in [4.69, 9.17) is 5.11 Å². The molecule has 2 heterocycles. The number of aromatic nitrogens is 1. The molecule has 2 aromatic carbocycles. The van der Waals surface area contributed by atoms with Gasteiger partial charge < -0.3 is 20.4 Å². The fraction of sp³-hybridized carbons (Fsp3) is 0.308. The van der Waals surface area contributed by atoms with Crippen molar-refractivity contribution in [3.8, 4) is 16.2 Å². The molecule has 0 bridgehead atoms. The van der Waals surface area contributed by atoms with E-state index in [1.807, 2.05) is 6.92 Å². The highest BCUT2D eigenvalue weighted by molar-refractivity contribution is 7.15. The second-order valence-corrected chi connectivity index (χ2v) is 9.85. The van der Waals surface area contributed by atoms with E-state index in [9.17, 15) is 23.9 Å². The number of carbonyl (C=O) groups excluding carboxylic acids is 2.